The predicted octanol–water partition coefficient (Wildman–Crippen LogP) is 4.83. The van der Waals surface area contributed by atoms with Crippen LogP contribution in [-0.2, 0) is 20.7 Å². The van der Waals surface area contributed by atoms with Crippen LogP contribution in [0, 0.1) is 10.1 Å². The molecule has 1 atom stereocenters. The molecule has 9 nitrogen and oxygen atoms in total. The number of carbonyl (C=O) groups is 2. The summed E-state index contributed by atoms with van der Waals surface area (Å²) in [7, 11) is 0. The number of fused-ring (bicyclic) bond motifs is 1. The van der Waals surface area contributed by atoms with E-state index in [1.54, 1.807) is 17.5 Å². The number of hydrogen-bond donors (Lipinski definition) is 1. The maximum Gasteiger partial charge on any atom is 0.306 e. The number of esters is 1. The lowest BCUT2D eigenvalue weighted by Gasteiger charge is -2.12. The molecule has 1 unspecified atom stereocenters. The van der Waals surface area contributed by atoms with Crippen molar-refractivity contribution in [3.05, 3.63) is 69.0 Å². The molecule has 0 aliphatic rings. The minimum atomic E-state index is -1.00. The molecule has 4 aromatic rings. The van der Waals surface area contributed by atoms with Gasteiger partial charge in [-0.05, 0) is 19.1 Å². The Hall–Kier alpha value is -3.70. The van der Waals surface area contributed by atoms with E-state index >= 15 is 0 Å². The van der Waals surface area contributed by atoms with Gasteiger partial charge in [-0.2, -0.15) is 0 Å². The van der Waals surface area contributed by atoms with Gasteiger partial charge in [0, 0.05) is 29.5 Å². The first kappa shape index (κ1) is 22.5. The van der Waals surface area contributed by atoms with Crippen molar-refractivity contribution >= 4 is 55.6 Å². The average Bonchev–Trinajstić information content (AvgIpc) is 3.44. The standard InChI is InChI=1S/C22H18N4O5S2/c1-13(31-20(27)10-9-19-23-16-7-2-3-8-18(16)33-19)21(28)25-22-24-17(12-32-22)14-5-4-6-15(11-14)26(29)30/h2-8,11-13H,9-10H2,1H3,(H,24,25,28). The fourth-order valence-corrected chi connectivity index (χ4v) is 4.68. The zero-order valence-corrected chi connectivity index (χ0v) is 19.0. The molecule has 2 aromatic heterocycles. The third kappa shape index (κ3) is 5.57. The summed E-state index contributed by atoms with van der Waals surface area (Å²) in [6, 6.07) is 13.8. The summed E-state index contributed by atoms with van der Waals surface area (Å²) in [5, 5.41) is 16.4. The number of non-ortho nitro benzene ring substituents is 1. The van der Waals surface area contributed by atoms with E-state index in [0.717, 1.165) is 15.2 Å². The van der Waals surface area contributed by atoms with Crippen molar-refractivity contribution in [2.24, 2.45) is 0 Å². The highest BCUT2D eigenvalue weighted by molar-refractivity contribution is 7.18. The van der Waals surface area contributed by atoms with Crippen LogP contribution in [0.1, 0.15) is 18.4 Å². The van der Waals surface area contributed by atoms with Gasteiger partial charge < -0.3 is 4.74 Å². The van der Waals surface area contributed by atoms with Gasteiger partial charge >= 0.3 is 5.97 Å². The van der Waals surface area contributed by atoms with E-state index in [0.29, 0.717) is 22.8 Å². The molecule has 0 fully saturated rings. The van der Waals surface area contributed by atoms with E-state index in [1.165, 1.54) is 41.7 Å². The first-order valence-corrected chi connectivity index (χ1v) is 11.6. The number of anilines is 1. The lowest BCUT2D eigenvalue weighted by atomic mass is 10.1. The van der Waals surface area contributed by atoms with Gasteiger partial charge in [0.05, 0.1) is 32.3 Å². The van der Waals surface area contributed by atoms with Gasteiger partial charge in [0.1, 0.15) is 0 Å². The van der Waals surface area contributed by atoms with Crippen LogP contribution in [0.15, 0.2) is 53.9 Å². The Morgan fingerprint density at radius 1 is 1.18 bits per heavy atom. The molecule has 0 aliphatic heterocycles. The van der Waals surface area contributed by atoms with Crippen LogP contribution in [0.3, 0.4) is 0 Å². The summed E-state index contributed by atoms with van der Waals surface area (Å²) < 4.78 is 6.30. The number of amides is 1. The molecular weight excluding hydrogens is 464 g/mol. The normalized spacial score (nSPS) is 11.8. The van der Waals surface area contributed by atoms with Crippen LogP contribution in [0.2, 0.25) is 0 Å². The molecule has 0 aliphatic carbocycles. The van der Waals surface area contributed by atoms with Gasteiger partial charge in [-0.1, -0.05) is 24.3 Å². The van der Waals surface area contributed by atoms with Crippen molar-refractivity contribution in [1.82, 2.24) is 9.97 Å². The summed E-state index contributed by atoms with van der Waals surface area (Å²) in [5.74, 6) is -1.00. The molecule has 0 spiro atoms. The smallest absolute Gasteiger partial charge is 0.306 e. The van der Waals surface area contributed by atoms with Crippen LogP contribution in [0.25, 0.3) is 21.5 Å². The summed E-state index contributed by atoms with van der Waals surface area (Å²) >= 11 is 2.70. The summed E-state index contributed by atoms with van der Waals surface area (Å²) in [5.41, 5.74) is 1.92. The summed E-state index contributed by atoms with van der Waals surface area (Å²) in [6.45, 7) is 1.49. The number of benzene rings is 2. The van der Waals surface area contributed by atoms with Crippen LogP contribution >= 0.6 is 22.7 Å². The molecule has 0 saturated carbocycles. The van der Waals surface area contributed by atoms with Crippen molar-refractivity contribution in [3.63, 3.8) is 0 Å². The number of ether oxygens (including phenoxy) is 1. The van der Waals surface area contributed by atoms with E-state index in [1.807, 2.05) is 24.3 Å². The fraction of sp³-hybridized carbons (Fsp3) is 0.182. The highest BCUT2D eigenvalue weighted by Crippen LogP contribution is 2.27. The highest BCUT2D eigenvalue weighted by Gasteiger charge is 2.20. The molecule has 168 valence electrons. The average molecular weight is 483 g/mol. The molecular formula is C22H18N4O5S2. The summed E-state index contributed by atoms with van der Waals surface area (Å²) in [4.78, 5) is 43.8. The lowest BCUT2D eigenvalue weighted by molar-refractivity contribution is -0.384. The minimum Gasteiger partial charge on any atom is -0.453 e. The van der Waals surface area contributed by atoms with E-state index < -0.39 is 22.9 Å². The number of hydrogen-bond acceptors (Lipinski definition) is 9. The molecule has 1 N–H and O–H groups in total. The molecule has 2 aromatic carbocycles. The van der Waals surface area contributed by atoms with Gasteiger partial charge in [0.15, 0.2) is 11.2 Å². The zero-order chi connectivity index (χ0) is 23.4. The Morgan fingerprint density at radius 3 is 2.79 bits per heavy atom. The molecule has 0 bridgehead atoms. The Morgan fingerprint density at radius 2 is 2.00 bits per heavy atom. The number of nitro benzene ring substituents is 1. The van der Waals surface area contributed by atoms with Crippen LogP contribution in [0.5, 0.6) is 0 Å². The molecule has 2 heterocycles. The predicted molar refractivity (Wildman–Crippen MR) is 126 cm³/mol. The largest absolute Gasteiger partial charge is 0.453 e. The van der Waals surface area contributed by atoms with Crippen molar-refractivity contribution in [1.29, 1.82) is 0 Å². The first-order chi connectivity index (χ1) is 15.9. The van der Waals surface area contributed by atoms with E-state index in [2.05, 4.69) is 15.3 Å². The van der Waals surface area contributed by atoms with E-state index in [-0.39, 0.29) is 12.1 Å². The third-order valence-corrected chi connectivity index (χ3v) is 6.50. The lowest BCUT2D eigenvalue weighted by Crippen LogP contribution is -2.30. The Balaban J connectivity index is 1.30. The van der Waals surface area contributed by atoms with Gasteiger partial charge in [0.2, 0.25) is 0 Å². The number of nitrogens with zero attached hydrogens (tertiary/aromatic N) is 3. The second-order valence-electron chi connectivity index (χ2n) is 7.04. The minimum absolute atomic E-state index is 0.0440. The zero-order valence-electron chi connectivity index (χ0n) is 17.4. The second-order valence-corrected chi connectivity index (χ2v) is 9.02. The Bertz CT molecular complexity index is 1300. The molecule has 11 heteroatoms. The number of thiazole rings is 2. The van der Waals surface area contributed by atoms with Gasteiger partial charge in [-0.3, -0.25) is 25.0 Å². The van der Waals surface area contributed by atoms with Crippen molar-refractivity contribution in [2.75, 3.05) is 5.32 Å². The van der Waals surface area contributed by atoms with Crippen molar-refractivity contribution in [3.8, 4) is 11.3 Å². The van der Waals surface area contributed by atoms with Crippen LogP contribution < -0.4 is 5.32 Å². The number of aryl methyl sites for hydroxylation is 1. The molecule has 1 amide bonds. The van der Waals surface area contributed by atoms with Crippen molar-refractivity contribution < 1.29 is 19.2 Å². The van der Waals surface area contributed by atoms with Crippen molar-refractivity contribution in [2.45, 2.75) is 25.9 Å². The van der Waals surface area contributed by atoms with Gasteiger partial charge in [-0.15, -0.1) is 22.7 Å². The highest BCUT2D eigenvalue weighted by atomic mass is 32.1. The van der Waals surface area contributed by atoms with E-state index in [4.69, 9.17) is 4.74 Å². The number of nitro groups is 1. The molecule has 4 rings (SSSR count). The molecule has 33 heavy (non-hydrogen) atoms. The number of aromatic nitrogens is 2. The number of para-hydroxylation sites is 1. The topological polar surface area (TPSA) is 124 Å². The SMILES string of the molecule is CC(OC(=O)CCc1nc2ccccc2s1)C(=O)Nc1nc(-c2cccc([N+](=O)[O-])c2)cs1. The third-order valence-electron chi connectivity index (χ3n) is 4.65. The number of carbonyl (C=O) groups excluding carboxylic acids is 2. The monoisotopic (exact) mass is 482 g/mol. The quantitative estimate of drug-likeness (QED) is 0.217. The van der Waals surface area contributed by atoms with Gasteiger partial charge in [0.25, 0.3) is 11.6 Å². The second kappa shape index (κ2) is 9.84. The number of rotatable bonds is 8. The van der Waals surface area contributed by atoms with E-state index in [9.17, 15) is 19.7 Å². The van der Waals surface area contributed by atoms with Gasteiger partial charge in [-0.25, -0.2) is 9.97 Å². The maximum absolute atomic E-state index is 12.4. The molecule has 0 saturated heterocycles. The first-order valence-electron chi connectivity index (χ1n) is 9.94. The van der Waals surface area contributed by atoms with Crippen LogP contribution in [0.4, 0.5) is 10.8 Å². The Labute approximate surface area is 196 Å². The Kier molecular flexibility index (Phi) is 6.71. The fourth-order valence-electron chi connectivity index (χ4n) is 3.00. The molecule has 0 radical (unpaired) electrons. The summed E-state index contributed by atoms with van der Waals surface area (Å²) in [6.07, 6.45) is -0.449. The maximum atomic E-state index is 12.4. The van der Waals surface area contributed by atoms with Crippen LogP contribution in [-0.4, -0.2) is 32.9 Å². The number of nitrogens with one attached hydrogen (secondary N) is 1.